The van der Waals surface area contributed by atoms with E-state index in [0.29, 0.717) is 24.5 Å². The van der Waals surface area contributed by atoms with Crippen LogP contribution in [-0.2, 0) is 4.79 Å². The van der Waals surface area contributed by atoms with Crippen molar-refractivity contribution in [1.29, 1.82) is 0 Å². The molecule has 2 heterocycles. The predicted octanol–water partition coefficient (Wildman–Crippen LogP) is 2.47. The lowest BCUT2D eigenvalue weighted by Gasteiger charge is -2.21. The van der Waals surface area contributed by atoms with Crippen LogP contribution in [0, 0.1) is 0 Å². The fourth-order valence-corrected chi connectivity index (χ4v) is 2.72. The van der Waals surface area contributed by atoms with Crippen LogP contribution in [0.2, 0.25) is 0 Å². The molecule has 1 aromatic carbocycles. The second kappa shape index (κ2) is 7.16. The largest absolute Gasteiger partial charge is 0.354 e. The summed E-state index contributed by atoms with van der Waals surface area (Å²) in [5.41, 5.74) is 0.888. The van der Waals surface area contributed by atoms with Gasteiger partial charge in [-0.05, 0) is 13.3 Å². The number of hydrogen-bond donors (Lipinski definition) is 2. The number of urea groups is 1. The minimum Gasteiger partial charge on any atom is -0.354 e. The second-order valence-electron chi connectivity index (χ2n) is 5.89. The summed E-state index contributed by atoms with van der Waals surface area (Å²) in [5.74, 6) is 1.07. The lowest BCUT2D eigenvalue weighted by atomic mass is 10.2. The van der Waals surface area contributed by atoms with E-state index in [2.05, 4.69) is 15.8 Å². The molecule has 3 rings (SSSR count). The molecule has 1 atom stereocenters. The van der Waals surface area contributed by atoms with E-state index >= 15 is 0 Å². The summed E-state index contributed by atoms with van der Waals surface area (Å²) in [6.07, 6.45) is 1.49. The number of carbonyl (C=O) groups is 2. The van der Waals surface area contributed by atoms with Gasteiger partial charge < -0.3 is 14.7 Å². The van der Waals surface area contributed by atoms with Gasteiger partial charge in [0.05, 0.1) is 0 Å². The summed E-state index contributed by atoms with van der Waals surface area (Å²) in [6.45, 7) is 3.14. The van der Waals surface area contributed by atoms with Crippen LogP contribution in [0.3, 0.4) is 0 Å². The summed E-state index contributed by atoms with van der Waals surface area (Å²) in [5, 5.41) is 9.28. The average molecular weight is 328 g/mol. The molecule has 0 radical (unpaired) electrons. The fourth-order valence-electron chi connectivity index (χ4n) is 2.72. The Bertz CT molecular complexity index is 714. The Labute approximate surface area is 140 Å². The Balaban J connectivity index is 1.51. The van der Waals surface area contributed by atoms with Crippen molar-refractivity contribution < 1.29 is 14.1 Å². The number of nitrogens with one attached hydrogen (secondary N) is 2. The van der Waals surface area contributed by atoms with Crippen LogP contribution in [0.15, 0.2) is 40.9 Å². The highest BCUT2D eigenvalue weighted by molar-refractivity contribution is 5.89. The Morgan fingerprint density at radius 3 is 2.88 bits per heavy atom. The molecule has 1 aromatic heterocycles. The maximum atomic E-state index is 12.0. The van der Waals surface area contributed by atoms with Crippen molar-refractivity contribution in [2.24, 2.45) is 0 Å². The number of aromatic nitrogens is 1. The fraction of sp³-hybridized carbons (Fsp3) is 0.353. The second-order valence-corrected chi connectivity index (χ2v) is 5.89. The molecule has 2 aromatic rings. The first-order valence-corrected chi connectivity index (χ1v) is 7.99. The van der Waals surface area contributed by atoms with Crippen LogP contribution in [0.1, 0.15) is 19.8 Å². The number of rotatable bonds is 5. The minimum atomic E-state index is -0.373. The molecular formula is C17H20N4O3. The number of amides is 3. The average Bonchev–Trinajstić information content (AvgIpc) is 3.18. The lowest BCUT2D eigenvalue weighted by Crippen LogP contribution is -2.44. The summed E-state index contributed by atoms with van der Waals surface area (Å²) in [6, 6.07) is 10.7. The highest BCUT2D eigenvalue weighted by Crippen LogP contribution is 2.21. The van der Waals surface area contributed by atoms with E-state index in [9.17, 15) is 9.59 Å². The number of nitrogens with zero attached hydrogens (tertiary/aromatic N) is 2. The SMILES string of the molecule is C[C@H](CN1CCCC1=O)NC(=O)Nc1cc(-c2ccccc2)on1. The van der Waals surface area contributed by atoms with Gasteiger partial charge in [-0.2, -0.15) is 0 Å². The van der Waals surface area contributed by atoms with Gasteiger partial charge in [-0.1, -0.05) is 35.5 Å². The quantitative estimate of drug-likeness (QED) is 0.882. The highest BCUT2D eigenvalue weighted by atomic mass is 16.5. The monoisotopic (exact) mass is 328 g/mol. The molecule has 7 nitrogen and oxygen atoms in total. The number of hydrogen-bond acceptors (Lipinski definition) is 4. The summed E-state index contributed by atoms with van der Waals surface area (Å²) >= 11 is 0. The Morgan fingerprint density at radius 1 is 1.38 bits per heavy atom. The topological polar surface area (TPSA) is 87.5 Å². The van der Waals surface area contributed by atoms with Crippen molar-refractivity contribution in [2.75, 3.05) is 18.4 Å². The molecule has 0 bridgehead atoms. The van der Waals surface area contributed by atoms with Gasteiger partial charge in [-0.25, -0.2) is 4.79 Å². The van der Waals surface area contributed by atoms with Crippen molar-refractivity contribution >= 4 is 17.8 Å². The van der Waals surface area contributed by atoms with E-state index in [0.717, 1.165) is 18.5 Å². The van der Waals surface area contributed by atoms with Crippen LogP contribution >= 0.6 is 0 Å². The Kier molecular flexibility index (Phi) is 4.79. The molecule has 126 valence electrons. The van der Waals surface area contributed by atoms with Gasteiger partial charge in [0.25, 0.3) is 0 Å². The molecule has 2 N–H and O–H groups in total. The number of likely N-dealkylation sites (tertiary alicyclic amines) is 1. The van der Waals surface area contributed by atoms with Crippen molar-refractivity contribution in [3.8, 4) is 11.3 Å². The van der Waals surface area contributed by atoms with E-state index in [1.54, 1.807) is 11.0 Å². The van der Waals surface area contributed by atoms with Gasteiger partial charge in [0.2, 0.25) is 5.91 Å². The number of anilines is 1. The Morgan fingerprint density at radius 2 is 2.17 bits per heavy atom. The van der Waals surface area contributed by atoms with Gasteiger partial charge in [0.15, 0.2) is 11.6 Å². The van der Waals surface area contributed by atoms with Gasteiger partial charge in [-0.3, -0.25) is 10.1 Å². The minimum absolute atomic E-state index is 0.146. The molecule has 3 amide bonds. The molecule has 24 heavy (non-hydrogen) atoms. The molecule has 1 aliphatic rings. The lowest BCUT2D eigenvalue weighted by molar-refractivity contribution is -0.127. The van der Waals surface area contributed by atoms with E-state index in [1.165, 1.54) is 0 Å². The zero-order valence-electron chi connectivity index (χ0n) is 13.5. The molecule has 1 aliphatic heterocycles. The first-order valence-electron chi connectivity index (χ1n) is 7.99. The van der Waals surface area contributed by atoms with Crippen LogP contribution in [0.5, 0.6) is 0 Å². The van der Waals surface area contributed by atoms with Gasteiger partial charge in [0, 0.05) is 37.2 Å². The normalized spacial score (nSPS) is 15.4. The van der Waals surface area contributed by atoms with E-state index in [1.807, 2.05) is 37.3 Å². The summed E-state index contributed by atoms with van der Waals surface area (Å²) < 4.78 is 5.23. The van der Waals surface area contributed by atoms with Crippen molar-refractivity contribution in [2.45, 2.75) is 25.8 Å². The zero-order chi connectivity index (χ0) is 16.9. The number of carbonyl (C=O) groups excluding carboxylic acids is 2. The van der Waals surface area contributed by atoms with E-state index < -0.39 is 0 Å². The molecule has 0 aliphatic carbocycles. The molecule has 1 fully saturated rings. The maximum absolute atomic E-state index is 12.0. The smallest absolute Gasteiger partial charge is 0.320 e. The third-order valence-electron chi connectivity index (χ3n) is 3.85. The zero-order valence-corrected chi connectivity index (χ0v) is 13.5. The summed E-state index contributed by atoms with van der Waals surface area (Å²) in [4.78, 5) is 25.4. The molecule has 7 heteroatoms. The van der Waals surface area contributed by atoms with Crippen molar-refractivity contribution in [3.63, 3.8) is 0 Å². The van der Waals surface area contributed by atoms with Crippen molar-refractivity contribution in [1.82, 2.24) is 15.4 Å². The maximum Gasteiger partial charge on any atom is 0.320 e. The van der Waals surface area contributed by atoms with Crippen LogP contribution < -0.4 is 10.6 Å². The standard InChI is InChI=1S/C17H20N4O3/c1-12(11-21-9-5-8-16(21)22)18-17(23)19-15-10-14(24-20-15)13-6-3-2-4-7-13/h2-4,6-7,10,12H,5,8-9,11H2,1H3,(H2,18,19,20,23)/t12-/m1/s1. The van der Waals surface area contributed by atoms with Crippen molar-refractivity contribution in [3.05, 3.63) is 36.4 Å². The number of benzene rings is 1. The predicted molar refractivity (Wildman–Crippen MR) is 89.4 cm³/mol. The van der Waals surface area contributed by atoms with Gasteiger partial charge in [0.1, 0.15) is 0 Å². The first-order chi connectivity index (χ1) is 11.6. The Hall–Kier alpha value is -2.83. The molecular weight excluding hydrogens is 308 g/mol. The first kappa shape index (κ1) is 16.0. The highest BCUT2D eigenvalue weighted by Gasteiger charge is 2.22. The third kappa shape index (κ3) is 3.92. The summed E-state index contributed by atoms with van der Waals surface area (Å²) in [7, 11) is 0. The van der Waals surface area contributed by atoms with E-state index in [-0.39, 0.29) is 18.0 Å². The molecule has 1 saturated heterocycles. The third-order valence-corrected chi connectivity index (χ3v) is 3.85. The van der Waals surface area contributed by atoms with Crippen LogP contribution in [0.4, 0.5) is 10.6 Å². The van der Waals surface area contributed by atoms with Crippen LogP contribution in [0.25, 0.3) is 11.3 Å². The molecule has 0 unspecified atom stereocenters. The van der Waals surface area contributed by atoms with Gasteiger partial charge in [-0.15, -0.1) is 0 Å². The molecule has 0 spiro atoms. The molecule has 0 saturated carbocycles. The van der Waals surface area contributed by atoms with Gasteiger partial charge >= 0.3 is 6.03 Å². The van der Waals surface area contributed by atoms with Crippen LogP contribution in [-0.4, -0.2) is 41.1 Å². The van der Waals surface area contributed by atoms with E-state index in [4.69, 9.17) is 4.52 Å².